The van der Waals surface area contributed by atoms with Crippen LogP contribution in [0.25, 0.3) is 0 Å². The van der Waals surface area contributed by atoms with E-state index in [1.165, 1.54) is 0 Å². The van der Waals surface area contributed by atoms with Gasteiger partial charge in [0.1, 0.15) is 0 Å². The van der Waals surface area contributed by atoms with E-state index >= 15 is 0 Å². The molecule has 4 heteroatoms. The molecule has 2 rings (SSSR count). The number of aliphatic hydroxyl groups excluding tert-OH is 1. The molecule has 0 saturated heterocycles. The molecule has 1 fully saturated rings. The van der Waals surface area contributed by atoms with E-state index in [2.05, 4.69) is 0 Å². The Morgan fingerprint density at radius 3 is 2.72 bits per heavy atom. The van der Waals surface area contributed by atoms with Gasteiger partial charge in [-0.2, -0.15) is 0 Å². The fourth-order valence-electron chi connectivity index (χ4n) is 2.32. The first-order chi connectivity index (χ1) is 8.47. The minimum atomic E-state index is -0.170. The third-order valence-electron chi connectivity index (χ3n) is 3.49. The molecule has 3 nitrogen and oxygen atoms in total. The number of benzene rings is 1. The molecule has 0 spiro atoms. The molecule has 0 heterocycles. The SMILES string of the molecule is Cc1cc(C(=O)N(C)CC2CC(O)C2)ccc1Cl. The Bertz CT molecular complexity index is 455. The van der Waals surface area contributed by atoms with Gasteiger partial charge in [-0.3, -0.25) is 4.79 Å². The molecule has 1 aromatic rings. The second-order valence-corrected chi connectivity index (χ2v) is 5.55. The summed E-state index contributed by atoms with van der Waals surface area (Å²) in [5.74, 6) is 0.443. The van der Waals surface area contributed by atoms with Crippen molar-refractivity contribution < 1.29 is 9.90 Å². The quantitative estimate of drug-likeness (QED) is 0.914. The first-order valence-corrected chi connectivity index (χ1v) is 6.55. The van der Waals surface area contributed by atoms with Crippen LogP contribution in [0.4, 0.5) is 0 Å². The highest BCUT2D eigenvalue weighted by atomic mass is 35.5. The lowest BCUT2D eigenvalue weighted by molar-refractivity contribution is 0.0265. The van der Waals surface area contributed by atoms with Crippen molar-refractivity contribution in [2.75, 3.05) is 13.6 Å². The van der Waals surface area contributed by atoms with Gasteiger partial charge >= 0.3 is 0 Å². The summed E-state index contributed by atoms with van der Waals surface area (Å²) in [7, 11) is 1.80. The van der Waals surface area contributed by atoms with Crippen molar-refractivity contribution in [2.45, 2.75) is 25.9 Å². The van der Waals surface area contributed by atoms with Crippen molar-refractivity contribution in [3.05, 3.63) is 34.3 Å². The summed E-state index contributed by atoms with van der Waals surface area (Å²) in [4.78, 5) is 13.9. The molecule has 1 N–H and O–H groups in total. The standard InChI is InChI=1S/C14H18ClNO2/c1-9-5-11(3-4-13(9)15)14(18)16(2)8-10-6-12(17)7-10/h3-5,10,12,17H,6-8H2,1-2H3. The van der Waals surface area contributed by atoms with Gasteiger partial charge in [0.05, 0.1) is 6.10 Å². The number of carbonyl (C=O) groups is 1. The fourth-order valence-corrected chi connectivity index (χ4v) is 2.44. The number of amides is 1. The molecular formula is C14H18ClNO2. The number of hydrogen-bond acceptors (Lipinski definition) is 2. The summed E-state index contributed by atoms with van der Waals surface area (Å²) in [5.41, 5.74) is 1.58. The lowest BCUT2D eigenvalue weighted by Crippen LogP contribution is -2.39. The van der Waals surface area contributed by atoms with Crippen molar-refractivity contribution in [2.24, 2.45) is 5.92 Å². The monoisotopic (exact) mass is 267 g/mol. The van der Waals surface area contributed by atoms with Gasteiger partial charge in [-0.1, -0.05) is 11.6 Å². The smallest absolute Gasteiger partial charge is 0.253 e. The van der Waals surface area contributed by atoms with E-state index in [-0.39, 0.29) is 12.0 Å². The minimum absolute atomic E-state index is 0.0103. The van der Waals surface area contributed by atoms with Gasteiger partial charge in [-0.15, -0.1) is 0 Å². The molecule has 1 amide bonds. The number of halogens is 1. The van der Waals surface area contributed by atoms with Gasteiger partial charge in [-0.05, 0) is 49.4 Å². The number of aliphatic hydroxyl groups is 1. The van der Waals surface area contributed by atoms with Crippen LogP contribution in [0.3, 0.4) is 0 Å². The van der Waals surface area contributed by atoms with Crippen LogP contribution in [0.5, 0.6) is 0 Å². The van der Waals surface area contributed by atoms with E-state index in [0.29, 0.717) is 23.0 Å². The second-order valence-electron chi connectivity index (χ2n) is 5.14. The summed E-state index contributed by atoms with van der Waals surface area (Å²) >= 11 is 5.94. The summed E-state index contributed by atoms with van der Waals surface area (Å²) in [6.07, 6.45) is 1.44. The van der Waals surface area contributed by atoms with Gasteiger partial charge in [0.15, 0.2) is 0 Å². The van der Waals surface area contributed by atoms with Crippen LogP contribution in [0, 0.1) is 12.8 Å². The third-order valence-corrected chi connectivity index (χ3v) is 3.92. The molecule has 18 heavy (non-hydrogen) atoms. The molecule has 0 radical (unpaired) electrons. The predicted octanol–water partition coefficient (Wildman–Crippen LogP) is 2.49. The fraction of sp³-hybridized carbons (Fsp3) is 0.500. The van der Waals surface area contributed by atoms with Crippen LogP contribution in [0.2, 0.25) is 5.02 Å². The average Bonchev–Trinajstić information content (AvgIpc) is 2.29. The molecule has 1 aliphatic carbocycles. The molecule has 1 saturated carbocycles. The van der Waals surface area contributed by atoms with Crippen LogP contribution in [-0.4, -0.2) is 35.6 Å². The molecule has 0 aromatic heterocycles. The minimum Gasteiger partial charge on any atom is -0.393 e. The predicted molar refractivity (Wildman–Crippen MR) is 71.9 cm³/mol. The molecule has 1 aromatic carbocycles. The second kappa shape index (κ2) is 5.29. The highest BCUT2D eigenvalue weighted by Crippen LogP contribution is 2.28. The molecule has 0 aliphatic heterocycles. The Balaban J connectivity index is 1.99. The van der Waals surface area contributed by atoms with Crippen molar-refractivity contribution in [1.82, 2.24) is 4.90 Å². The Morgan fingerprint density at radius 2 is 2.17 bits per heavy atom. The van der Waals surface area contributed by atoms with Crippen molar-refractivity contribution in [1.29, 1.82) is 0 Å². The number of hydrogen-bond donors (Lipinski definition) is 1. The van der Waals surface area contributed by atoms with Gasteiger partial charge in [-0.25, -0.2) is 0 Å². The zero-order valence-corrected chi connectivity index (χ0v) is 11.4. The van der Waals surface area contributed by atoms with Crippen molar-refractivity contribution in [3.8, 4) is 0 Å². The molecule has 0 atom stereocenters. The lowest BCUT2D eigenvalue weighted by Gasteiger charge is -2.34. The highest BCUT2D eigenvalue weighted by molar-refractivity contribution is 6.31. The topological polar surface area (TPSA) is 40.5 Å². The van der Waals surface area contributed by atoms with Gasteiger partial charge in [0.25, 0.3) is 5.91 Å². The Morgan fingerprint density at radius 1 is 1.50 bits per heavy atom. The number of nitrogens with zero attached hydrogens (tertiary/aromatic N) is 1. The first-order valence-electron chi connectivity index (χ1n) is 6.17. The zero-order valence-electron chi connectivity index (χ0n) is 10.7. The summed E-state index contributed by atoms with van der Waals surface area (Å²) < 4.78 is 0. The summed E-state index contributed by atoms with van der Waals surface area (Å²) in [6.45, 7) is 2.60. The molecule has 98 valence electrons. The van der Waals surface area contributed by atoms with Gasteiger partial charge in [0, 0.05) is 24.2 Å². The maximum Gasteiger partial charge on any atom is 0.253 e. The maximum absolute atomic E-state index is 12.2. The molecular weight excluding hydrogens is 250 g/mol. The zero-order chi connectivity index (χ0) is 13.3. The first kappa shape index (κ1) is 13.4. The third kappa shape index (κ3) is 2.85. The lowest BCUT2D eigenvalue weighted by atomic mass is 9.82. The van der Waals surface area contributed by atoms with Gasteiger partial charge in [0.2, 0.25) is 0 Å². The van der Waals surface area contributed by atoms with Crippen LogP contribution in [-0.2, 0) is 0 Å². The summed E-state index contributed by atoms with van der Waals surface area (Å²) in [5, 5.41) is 9.91. The van der Waals surface area contributed by atoms with Crippen LogP contribution >= 0.6 is 11.6 Å². The summed E-state index contributed by atoms with van der Waals surface area (Å²) in [6, 6.07) is 5.33. The van der Waals surface area contributed by atoms with E-state index in [4.69, 9.17) is 11.6 Å². The van der Waals surface area contributed by atoms with Crippen molar-refractivity contribution >= 4 is 17.5 Å². The van der Waals surface area contributed by atoms with E-state index < -0.39 is 0 Å². The average molecular weight is 268 g/mol. The Kier molecular flexibility index (Phi) is 3.93. The Hall–Kier alpha value is -1.06. The van der Waals surface area contributed by atoms with E-state index in [1.807, 2.05) is 13.0 Å². The number of carbonyl (C=O) groups excluding carboxylic acids is 1. The van der Waals surface area contributed by atoms with E-state index in [1.54, 1.807) is 24.1 Å². The number of rotatable bonds is 3. The van der Waals surface area contributed by atoms with Crippen molar-refractivity contribution in [3.63, 3.8) is 0 Å². The number of aryl methyl sites for hydroxylation is 1. The molecule has 0 unspecified atom stereocenters. The van der Waals surface area contributed by atoms with Crippen LogP contribution in [0.1, 0.15) is 28.8 Å². The van der Waals surface area contributed by atoms with E-state index in [9.17, 15) is 9.90 Å². The Labute approximate surface area is 112 Å². The van der Waals surface area contributed by atoms with Crippen LogP contribution < -0.4 is 0 Å². The molecule has 0 bridgehead atoms. The highest BCUT2D eigenvalue weighted by Gasteiger charge is 2.29. The van der Waals surface area contributed by atoms with E-state index in [0.717, 1.165) is 18.4 Å². The normalized spacial score (nSPS) is 22.4. The maximum atomic E-state index is 12.2. The van der Waals surface area contributed by atoms with Gasteiger partial charge < -0.3 is 10.0 Å². The van der Waals surface area contributed by atoms with Crippen LogP contribution in [0.15, 0.2) is 18.2 Å². The molecule has 1 aliphatic rings. The largest absolute Gasteiger partial charge is 0.393 e.